The first-order chi connectivity index (χ1) is 9.10. The smallest absolute Gasteiger partial charge is 0.311 e. The van der Waals surface area contributed by atoms with Gasteiger partial charge in [-0.2, -0.15) is 0 Å². The molecule has 0 saturated carbocycles. The van der Waals surface area contributed by atoms with E-state index in [9.17, 15) is 9.90 Å². The number of hydrogen-bond acceptors (Lipinski definition) is 2. The Labute approximate surface area is 121 Å². The van der Waals surface area contributed by atoms with Crippen LogP contribution in [-0.4, -0.2) is 11.1 Å². The molecular weight excluding hydrogens is 280 g/mol. The zero-order valence-electron chi connectivity index (χ0n) is 10.6. The monoisotopic (exact) mass is 294 g/mol. The largest absolute Gasteiger partial charge is 0.481 e. The van der Waals surface area contributed by atoms with E-state index in [4.69, 9.17) is 11.6 Å². The third-order valence-electron chi connectivity index (χ3n) is 3.02. The summed E-state index contributed by atoms with van der Waals surface area (Å²) >= 11 is 7.61. The van der Waals surface area contributed by atoms with Crippen molar-refractivity contribution in [3.8, 4) is 0 Å². The van der Waals surface area contributed by atoms with Crippen molar-refractivity contribution in [1.29, 1.82) is 0 Å². The first kappa shape index (κ1) is 14.1. The molecule has 19 heavy (non-hydrogen) atoms. The molecule has 1 aromatic carbocycles. The Hall–Kier alpha value is -1.32. The van der Waals surface area contributed by atoms with Crippen molar-refractivity contribution in [2.45, 2.75) is 25.7 Å². The van der Waals surface area contributed by atoms with Gasteiger partial charge in [0.1, 0.15) is 0 Å². The Kier molecular flexibility index (Phi) is 4.61. The fourth-order valence-electron chi connectivity index (χ4n) is 1.99. The number of thiophene rings is 1. The molecule has 1 unspecified atom stereocenters. The number of carbonyl (C=O) groups is 1. The van der Waals surface area contributed by atoms with Gasteiger partial charge in [0.05, 0.1) is 5.92 Å². The molecule has 4 heteroatoms. The first-order valence-electron chi connectivity index (χ1n) is 6.16. The number of halogens is 1. The Morgan fingerprint density at radius 3 is 2.63 bits per heavy atom. The van der Waals surface area contributed by atoms with E-state index in [0.29, 0.717) is 11.4 Å². The van der Waals surface area contributed by atoms with Crippen LogP contribution >= 0.6 is 22.9 Å². The van der Waals surface area contributed by atoms with Gasteiger partial charge >= 0.3 is 5.97 Å². The van der Waals surface area contributed by atoms with Gasteiger partial charge in [0.2, 0.25) is 0 Å². The average molecular weight is 295 g/mol. The van der Waals surface area contributed by atoms with Crippen LogP contribution in [0.2, 0.25) is 5.02 Å². The van der Waals surface area contributed by atoms with Gasteiger partial charge in [0.15, 0.2) is 0 Å². The molecule has 2 rings (SSSR count). The van der Waals surface area contributed by atoms with Crippen molar-refractivity contribution in [3.05, 3.63) is 56.7 Å². The Balaban J connectivity index is 2.23. The highest BCUT2D eigenvalue weighted by atomic mass is 35.5. The predicted molar refractivity (Wildman–Crippen MR) is 79.2 cm³/mol. The number of benzene rings is 1. The van der Waals surface area contributed by atoms with Crippen molar-refractivity contribution in [1.82, 2.24) is 0 Å². The minimum absolute atomic E-state index is 0.514. The van der Waals surface area contributed by atoms with Crippen LogP contribution in [-0.2, 0) is 17.6 Å². The molecule has 2 aromatic rings. The van der Waals surface area contributed by atoms with E-state index in [1.165, 1.54) is 4.88 Å². The lowest BCUT2D eigenvalue weighted by atomic mass is 9.95. The second-order valence-corrected chi connectivity index (χ2v) is 6.06. The molecule has 1 atom stereocenters. The predicted octanol–water partition coefficient (Wildman–Crippen LogP) is 4.37. The molecule has 1 N–H and O–H groups in total. The summed E-state index contributed by atoms with van der Waals surface area (Å²) in [6.45, 7) is 2.10. The molecule has 1 heterocycles. The number of rotatable bonds is 5. The van der Waals surface area contributed by atoms with Crippen LogP contribution in [0, 0.1) is 0 Å². The summed E-state index contributed by atoms with van der Waals surface area (Å²) in [5.41, 5.74) is 0.756. The van der Waals surface area contributed by atoms with E-state index in [-0.39, 0.29) is 0 Å². The van der Waals surface area contributed by atoms with Crippen LogP contribution in [0.25, 0.3) is 0 Å². The summed E-state index contributed by atoms with van der Waals surface area (Å²) < 4.78 is 0. The fraction of sp³-hybridized carbons (Fsp3) is 0.267. The standard InChI is InChI=1S/C15H15ClO2S/c1-2-12-6-7-13(19-12)9-14(15(17)18)10-4-3-5-11(16)8-10/h3-8,14H,2,9H2,1H3,(H,17,18). The Morgan fingerprint density at radius 2 is 2.05 bits per heavy atom. The lowest BCUT2D eigenvalue weighted by Crippen LogP contribution is -2.13. The third kappa shape index (κ3) is 3.58. The van der Waals surface area contributed by atoms with Crippen LogP contribution in [0.4, 0.5) is 0 Å². The average Bonchev–Trinajstić information content (AvgIpc) is 2.83. The van der Waals surface area contributed by atoms with Crippen LogP contribution in [0.15, 0.2) is 36.4 Å². The number of carboxylic acid groups (broad SMARTS) is 1. The quantitative estimate of drug-likeness (QED) is 0.889. The molecule has 0 bridgehead atoms. The van der Waals surface area contributed by atoms with Gasteiger partial charge in [-0.15, -0.1) is 11.3 Å². The van der Waals surface area contributed by atoms with Gasteiger partial charge in [-0.05, 0) is 42.7 Å². The van der Waals surface area contributed by atoms with E-state index in [1.54, 1.807) is 29.5 Å². The normalized spacial score (nSPS) is 12.3. The van der Waals surface area contributed by atoms with Gasteiger partial charge in [0.25, 0.3) is 0 Å². The Morgan fingerprint density at radius 1 is 1.32 bits per heavy atom. The minimum atomic E-state index is -0.811. The number of hydrogen-bond donors (Lipinski definition) is 1. The molecule has 2 nitrogen and oxygen atoms in total. The molecule has 0 amide bonds. The summed E-state index contributed by atoms with van der Waals surface area (Å²) in [7, 11) is 0. The zero-order chi connectivity index (χ0) is 13.8. The van der Waals surface area contributed by atoms with Crippen LogP contribution in [0.1, 0.15) is 28.2 Å². The molecule has 100 valence electrons. The second-order valence-electron chi connectivity index (χ2n) is 4.37. The summed E-state index contributed by atoms with van der Waals surface area (Å²) in [5.74, 6) is -1.35. The fourth-order valence-corrected chi connectivity index (χ4v) is 3.20. The summed E-state index contributed by atoms with van der Waals surface area (Å²) in [5, 5.41) is 9.98. The van der Waals surface area contributed by atoms with E-state index >= 15 is 0 Å². The first-order valence-corrected chi connectivity index (χ1v) is 7.35. The van der Waals surface area contributed by atoms with Crippen LogP contribution in [0.5, 0.6) is 0 Å². The molecule has 0 spiro atoms. The maximum atomic E-state index is 11.5. The SMILES string of the molecule is CCc1ccc(CC(C(=O)O)c2cccc(Cl)c2)s1. The minimum Gasteiger partial charge on any atom is -0.481 e. The van der Waals surface area contributed by atoms with E-state index < -0.39 is 11.9 Å². The molecule has 0 saturated heterocycles. The van der Waals surface area contributed by atoms with Gasteiger partial charge in [-0.1, -0.05) is 30.7 Å². The summed E-state index contributed by atoms with van der Waals surface area (Å²) in [6.07, 6.45) is 1.50. The van der Waals surface area contributed by atoms with Crippen molar-refractivity contribution in [2.75, 3.05) is 0 Å². The van der Waals surface area contributed by atoms with E-state index in [0.717, 1.165) is 16.9 Å². The van der Waals surface area contributed by atoms with Gasteiger partial charge in [-0.3, -0.25) is 4.79 Å². The molecule has 0 aliphatic rings. The van der Waals surface area contributed by atoms with Crippen molar-refractivity contribution >= 4 is 28.9 Å². The van der Waals surface area contributed by atoms with Crippen molar-refractivity contribution < 1.29 is 9.90 Å². The molecule has 1 aromatic heterocycles. The van der Waals surface area contributed by atoms with Crippen molar-refractivity contribution in [3.63, 3.8) is 0 Å². The van der Waals surface area contributed by atoms with Gasteiger partial charge in [0, 0.05) is 14.8 Å². The molecule has 0 aliphatic carbocycles. The van der Waals surface area contributed by atoms with Crippen LogP contribution in [0.3, 0.4) is 0 Å². The summed E-state index contributed by atoms with van der Waals surface area (Å²) in [6, 6.07) is 11.2. The zero-order valence-corrected chi connectivity index (χ0v) is 12.2. The highest BCUT2D eigenvalue weighted by Gasteiger charge is 2.21. The maximum Gasteiger partial charge on any atom is 0.311 e. The number of aryl methyl sites for hydroxylation is 1. The van der Waals surface area contributed by atoms with E-state index in [2.05, 4.69) is 13.0 Å². The molecule has 0 fully saturated rings. The molecule has 0 radical (unpaired) electrons. The number of aliphatic carboxylic acids is 1. The lowest BCUT2D eigenvalue weighted by Gasteiger charge is -2.12. The van der Waals surface area contributed by atoms with Crippen LogP contribution < -0.4 is 0 Å². The molecule has 0 aliphatic heterocycles. The van der Waals surface area contributed by atoms with Crippen molar-refractivity contribution in [2.24, 2.45) is 0 Å². The lowest BCUT2D eigenvalue weighted by molar-refractivity contribution is -0.138. The highest BCUT2D eigenvalue weighted by Crippen LogP contribution is 2.27. The summed E-state index contributed by atoms with van der Waals surface area (Å²) in [4.78, 5) is 13.8. The topological polar surface area (TPSA) is 37.3 Å². The highest BCUT2D eigenvalue weighted by molar-refractivity contribution is 7.12. The molecular formula is C15H15ClO2S. The Bertz CT molecular complexity index is 577. The van der Waals surface area contributed by atoms with E-state index in [1.807, 2.05) is 12.1 Å². The number of carboxylic acids is 1. The second kappa shape index (κ2) is 6.22. The third-order valence-corrected chi connectivity index (χ3v) is 4.51. The maximum absolute atomic E-state index is 11.5. The van der Waals surface area contributed by atoms with Gasteiger partial charge < -0.3 is 5.11 Å². The van der Waals surface area contributed by atoms with Gasteiger partial charge in [-0.25, -0.2) is 0 Å².